The molecule has 0 atom stereocenters. The number of anilines is 1. The average molecular weight is 253 g/mol. The third kappa shape index (κ3) is 2.43. The number of thiophene rings is 2. The lowest BCUT2D eigenvalue weighted by Crippen LogP contribution is -2.14. The fourth-order valence-corrected chi connectivity index (χ4v) is 2.85. The molecule has 2 aromatic heterocycles. The van der Waals surface area contributed by atoms with Crippen LogP contribution in [-0.2, 0) is 6.54 Å². The molecule has 0 unspecified atom stereocenters. The van der Waals surface area contributed by atoms with Crippen LogP contribution in [0.15, 0.2) is 29.0 Å². The molecule has 0 bridgehead atoms. The molecule has 2 rings (SSSR count). The molecule has 0 saturated heterocycles. The van der Waals surface area contributed by atoms with Crippen LogP contribution in [0.2, 0.25) is 0 Å². The Labute approximate surface area is 102 Å². The second-order valence-electron chi connectivity index (χ2n) is 3.43. The van der Waals surface area contributed by atoms with E-state index in [1.807, 2.05) is 18.5 Å². The van der Waals surface area contributed by atoms with Crippen molar-refractivity contribution >= 4 is 33.6 Å². The Hall–Kier alpha value is -1.33. The summed E-state index contributed by atoms with van der Waals surface area (Å²) in [5, 5.41) is 13.9. The molecular formula is C11H11NO2S2. The smallest absolute Gasteiger partial charge is 0.345 e. The maximum Gasteiger partial charge on any atom is 0.345 e. The van der Waals surface area contributed by atoms with Crippen LogP contribution < -0.4 is 4.90 Å². The predicted molar refractivity (Wildman–Crippen MR) is 67.7 cm³/mol. The van der Waals surface area contributed by atoms with Gasteiger partial charge >= 0.3 is 5.97 Å². The Bertz CT molecular complexity index is 476. The lowest BCUT2D eigenvalue weighted by Gasteiger charge is -2.15. The number of nitrogens with zero attached hydrogens (tertiary/aromatic N) is 1. The first-order valence-electron chi connectivity index (χ1n) is 4.72. The van der Waals surface area contributed by atoms with E-state index in [0.717, 1.165) is 11.5 Å². The topological polar surface area (TPSA) is 40.5 Å². The van der Waals surface area contributed by atoms with E-state index in [1.54, 1.807) is 17.4 Å². The van der Waals surface area contributed by atoms with Gasteiger partial charge in [-0.3, -0.25) is 0 Å². The van der Waals surface area contributed by atoms with E-state index >= 15 is 0 Å². The summed E-state index contributed by atoms with van der Waals surface area (Å²) in [5.74, 6) is -0.861. The van der Waals surface area contributed by atoms with Crippen LogP contribution in [-0.4, -0.2) is 18.1 Å². The fourth-order valence-electron chi connectivity index (χ4n) is 1.38. The highest BCUT2D eigenvalue weighted by atomic mass is 32.1. The highest BCUT2D eigenvalue weighted by molar-refractivity contribution is 7.17. The van der Waals surface area contributed by atoms with Crippen LogP contribution in [0.5, 0.6) is 0 Å². The molecule has 0 aliphatic rings. The standard InChI is InChI=1S/C11H11NO2S2/c1-12(6-8-4-5-15-7-8)10-3-2-9(16-10)11(13)14/h2-5,7H,6H2,1H3,(H,13,14). The summed E-state index contributed by atoms with van der Waals surface area (Å²) in [7, 11) is 1.97. The average Bonchev–Trinajstić information content (AvgIpc) is 2.86. The summed E-state index contributed by atoms with van der Waals surface area (Å²) in [5.41, 5.74) is 1.25. The van der Waals surface area contributed by atoms with Crippen LogP contribution in [0, 0.1) is 0 Å². The minimum atomic E-state index is -0.861. The van der Waals surface area contributed by atoms with Crippen molar-refractivity contribution in [3.63, 3.8) is 0 Å². The minimum absolute atomic E-state index is 0.382. The SMILES string of the molecule is CN(Cc1ccsc1)c1ccc(C(=O)O)s1. The summed E-state index contributed by atoms with van der Waals surface area (Å²) in [6.45, 7) is 0.809. The van der Waals surface area contributed by atoms with Gasteiger partial charge in [0.05, 0.1) is 5.00 Å². The summed E-state index contributed by atoms with van der Waals surface area (Å²) in [6, 6.07) is 5.57. The first-order valence-corrected chi connectivity index (χ1v) is 6.48. The zero-order valence-electron chi connectivity index (χ0n) is 8.71. The Kier molecular flexibility index (Phi) is 3.26. The monoisotopic (exact) mass is 253 g/mol. The van der Waals surface area contributed by atoms with Crippen LogP contribution in [0.3, 0.4) is 0 Å². The molecule has 2 aromatic rings. The lowest BCUT2D eigenvalue weighted by atomic mass is 10.3. The van der Waals surface area contributed by atoms with Gasteiger partial charge in [-0.25, -0.2) is 4.79 Å². The molecule has 0 amide bonds. The predicted octanol–water partition coefficient (Wildman–Crippen LogP) is 3.14. The zero-order chi connectivity index (χ0) is 11.5. The first-order chi connectivity index (χ1) is 7.66. The molecule has 0 radical (unpaired) electrons. The van der Waals surface area contributed by atoms with Gasteiger partial charge in [0.1, 0.15) is 4.88 Å². The minimum Gasteiger partial charge on any atom is -0.477 e. The highest BCUT2D eigenvalue weighted by Crippen LogP contribution is 2.26. The Balaban J connectivity index is 2.08. The molecule has 0 aliphatic heterocycles. The lowest BCUT2D eigenvalue weighted by molar-refractivity contribution is 0.0702. The van der Waals surface area contributed by atoms with Crippen molar-refractivity contribution in [2.75, 3.05) is 11.9 Å². The van der Waals surface area contributed by atoms with Gasteiger partial charge in [0, 0.05) is 13.6 Å². The third-order valence-corrected chi connectivity index (χ3v) is 4.10. The van der Waals surface area contributed by atoms with Gasteiger partial charge in [0.25, 0.3) is 0 Å². The number of carboxylic acid groups (broad SMARTS) is 1. The molecule has 16 heavy (non-hydrogen) atoms. The van der Waals surface area contributed by atoms with Gasteiger partial charge < -0.3 is 10.0 Å². The molecule has 0 aliphatic carbocycles. The van der Waals surface area contributed by atoms with Crippen LogP contribution in [0.25, 0.3) is 0 Å². The van der Waals surface area contributed by atoms with Gasteiger partial charge in [-0.1, -0.05) is 0 Å². The summed E-state index contributed by atoms with van der Waals surface area (Å²) < 4.78 is 0. The van der Waals surface area contributed by atoms with Crippen molar-refractivity contribution < 1.29 is 9.90 Å². The van der Waals surface area contributed by atoms with Gasteiger partial charge in [-0.15, -0.1) is 11.3 Å². The number of carbonyl (C=O) groups is 1. The number of rotatable bonds is 4. The van der Waals surface area contributed by atoms with E-state index in [4.69, 9.17) is 5.11 Å². The Morgan fingerprint density at radius 2 is 2.25 bits per heavy atom. The highest BCUT2D eigenvalue weighted by Gasteiger charge is 2.10. The van der Waals surface area contributed by atoms with E-state index < -0.39 is 5.97 Å². The molecule has 84 valence electrons. The second kappa shape index (κ2) is 4.67. The molecule has 5 heteroatoms. The maximum atomic E-state index is 10.7. The normalized spacial score (nSPS) is 10.3. The number of aromatic carboxylic acids is 1. The van der Waals surface area contributed by atoms with Gasteiger partial charge in [0.15, 0.2) is 0 Å². The third-order valence-electron chi connectivity index (χ3n) is 2.18. The van der Waals surface area contributed by atoms with Gasteiger partial charge in [-0.05, 0) is 34.5 Å². The van der Waals surface area contributed by atoms with Crippen molar-refractivity contribution in [2.45, 2.75) is 6.54 Å². The van der Waals surface area contributed by atoms with Crippen molar-refractivity contribution in [1.29, 1.82) is 0 Å². The number of hydrogen-bond acceptors (Lipinski definition) is 4. The van der Waals surface area contributed by atoms with E-state index in [9.17, 15) is 4.79 Å². The first kappa shape index (κ1) is 11.2. The van der Waals surface area contributed by atoms with Gasteiger partial charge in [-0.2, -0.15) is 11.3 Å². The van der Waals surface area contributed by atoms with Crippen LogP contribution >= 0.6 is 22.7 Å². The largest absolute Gasteiger partial charge is 0.477 e. The van der Waals surface area contributed by atoms with E-state index in [2.05, 4.69) is 16.3 Å². The molecule has 2 heterocycles. The van der Waals surface area contributed by atoms with Crippen molar-refractivity contribution in [3.05, 3.63) is 39.4 Å². The fraction of sp³-hybridized carbons (Fsp3) is 0.182. The van der Waals surface area contributed by atoms with Crippen LogP contribution in [0.1, 0.15) is 15.2 Å². The van der Waals surface area contributed by atoms with Crippen molar-refractivity contribution in [2.24, 2.45) is 0 Å². The second-order valence-corrected chi connectivity index (χ2v) is 5.27. The summed E-state index contributed by atoms with van der Waals surface area (Å²) in [4.78, 5) is 13.2. The van der Waals surface area contributed by atoms with Crippen molar-refractivity contribution in [3.8, 4) is 0 Å². The molecule has 0 spiro atoms. The molecule has 0 aromatic carbocycles. The zero-order valence-corrected chi connectivity index (χ0v) is 10.3. The molecule has 0 saturated carbocycles. The Morgan fingerprint density at radius 3 is 2.81 bits per heavy atom. The summed E-state index contributed by atoms with van der Waals surface area (Å²) in [6.07, 6.45) is 0. The van der Waals surface area contributed by atoms with Crippen LogP contribution in [0.4, 0.5) is 5.00 Å². The maximum absolute atomic E-state index is 10.7. The number of hydrogen-bond donors (Lipinski definition) is 1. The molecule has 0 fully saturated rings. The Morgan fingerprint density at radius 1 is 1.44 bits per heavy atom. The quantitative estimate of drug-likeness (QED) is 0.910. The van der Waals surface area contributed by atoms with E-state index in [1.165, 1.54) is 16.9 Å². The van der Waals surface area contributed by atoms with E-state index in [-0.39, 0.29) is 0 Å². The summed E-state index contributed by atoms with van der Waals surface area (Å²) >= 11 is 2.97. The molecular weight excluding hydrogens is 242 g/mol. The van der Waals surface area contributed by atoms with Gasteiger partial charge in [0.2, 0.25) is 0 Å². The van der Waals surface area contributed by atoms with Crippen molar-refractivity contribution in [1.82, 2.24) is 0 Å². The number of carboxylic acids is 1. The molecule has 1 N–H and O–H groups in total. The van der Waals surface area contributed by atoms with E-state index in [0.29, 0.717) is 4.88 Å². The molecule has 3 nitrogen and oxygen atoms in total.